The first-order chi connectivity index (χ1) is 8.08. The lowest BCUT2D eigenvalue weighted by atomic mass is 10.1. The van der Waals surface area contributed by atoms with Crippen LogP contribution in [0.2, 0.25) is 5.02 Å². The molecule has 0 amide bonds. The summed E-state index contributed by atoms with van der Waals surface area (Å²) in [4.78, 5) is 16.7. The van der Waals surface area contributed by atoms with Crippen LogP contribution in [0.25, 0.3) is 0 Å². The fraction of sp³-hybridized carbons (Fsp3) is 0.167. The van der Waals surface area contributed by atoms with Crippen molar-refractivity contribution in [2.75, 3.05) is 0 Å². The van der Waals surface area contributed by atoms with Crippen LogP contribution in [-0.2, 0) is 6.42 Å². The van der Waals surface area contributed by atoms with Crippen molar-refractivity contribution in [1.29, 1.82) is 0 Å². The van der Waals surface area contributed by atoms with Crippen molar-refractivity contribution >= 4 is 44.7 Å². The zero-order valence-electron chi connectivity index (χ0n) is 9.04. The number of hydrogen-bond donors (Lipinski definition) is 0. The topological polar surface area (TPSA) is 30.0 Å². The number of carbonyl (C=O) groups excluding carboxylic acids is 1. The number of aromatic nitrogens is 1. The summed E-state index contributed by atoms with van der Waals surface area (Å²) < 4.78 is 1.00. The highest BCUT2D eigenvalue weighted by Crippen LogP contribution is 2.28. The van der Waals surface area contributed by atoms with Gasteiger partial charge in [0.2, 0.25) is 0 Å². The highest BCUT2D eigenvalue weighted by atomic mass is 79.9. The second-order valence-corrected chi connectivity index (χ2v) is 6.41. The van der Waals surface area contributed by atoms with E-state index in [1.807, 2.05) is 13.0 Å². The zero-order chi connectivity index (χ0) is 12.4. The number of nitrogens with zero attached hydrogens (tertiary/aromatic N) is 1. The van der Waals surface area contributed by atoms with E-state index in [9.17, 15) is 4.79 Å². The molecule has 0 saturated carbocycles. The van der Waals surface area contributed by atoms with Crippen LogP contribution in [0.4, 0.5) is 0 Å². The molecular formula is C12H9BrClNOS. The predicted molar refractivity (Wildman–Crippen MR) is 74.0 cm³/mol. The van der Waals surface area contributed by atoms with Crippen molar-refractivity contribution in [1.82, 2.24) is 4.98 Å². The largest absolute Gasteiger partial charge is 0.293 e. The number of pyridine rings is 1. The van der Waals surface area contributed by atoms with E-state index in [1.54, 1.807) is 18.5 Å². The molecule has 2 aromatic rings. The second kappa shape index (κ2) is 5.29. The minimum absolute atomic E-state index is 0.0805. The van der Waals surface area contributed by atoms with Gasteiger partial charge in [0, 0.05) is 18.8 Å². The van der Waals surface area contributed by atoms with E-state index in [-0.39, 0.29) is 5.78 Å². The number of carbonyl (C=O) groups is 1. The molecule has 88 valence electrons. The van der Waals surface area contributed by atoms with Gasteiger partial charge in [-0.15, -0.1) is 11.3 Å². The molecule has 0 atom stereocenters. The Kier molecular flexibility index (Phi) is 3.97. The van der Waals surface area contributed by atoms with Gasteiger partial charge in [0.25, 0.3) is 0 Å². The number of thiophene rings is 1. The normalized spacial score (nSPS) is 10.5. The van der Waals surface area contributed by atoms with Gasteiger partial charge in [-0.3, -0.25) is 9.78 Å². The molecule has 0 aliphatic carbocycles. The van der Waals surface area contributed by atoms with Crippen LogP contribution in [0, 0.1) is 6.92 Å². The van der Waals surface area contributed by atoms with E-state index < -0.39 is 0 Å². The number of rotatable bonds is 3. The van der Waals surface area contributed by atoms with Gasteiger partial charge in [0.05, 0.1) is 13.7 Å². The van der Waals surface area contributed by atoms with Crippen LogP contribution in [0.1, 0.15) is 20.8 Å². The highest BCUT2D eigenvalue weighted by molar-refractivity contribution is 9.11. The third-order valence-corrected chi connectivity index (χ3v) is 4.86. The molecule has 0 bridgehead atoms. The molecule has 0 unspecified atom stereocenters. The molecule has 2 rings (SSSR count). The zero-order valence-corrected chi connectivity index (χ0v) is 12.2. The Morgan fingerprint density at radius 3 is 2.94 bits per heavy atom. The Bertz CT molecular complexity index is 548. The van der Waals surface area contributed by atoms with Crippen molar-refractivity contribution in [3.63, 3.8) is 0 Å². The third-order valence-electron chi connectivity index (χ3n) is 2.34. The Morgan fingerprint density at radius 1 is 1.59 bits per heavy atom. The first kappa shape index (κ1) is 12.7. The van der Waals surface area contributed by atoms with Crippen LogP contribution in [0.3, 0.4) is 0 Å². The first-order valence-corrected chi connectivity index (χ1v) is 6.94. The fourth-order valence-corrected chi connectivity index (χ4v) is 3.06. The summed E-state index contributed by atoms with van der Waals surface area (Å²) in [5.74, 6) is 0.0805. The van der Waals surface area contributed by atoms with Crippen LogP contribution >= 0.6 is 38.9 Å². The number of hydrogen-bond acceptors (Lipinski definition) is 3. The van der Waals surface area contributed by atoms with E-state index in [2.05, 4.69) is 20.9 Å². The van der Waals surface area contributed by atoms with Gasteiger partial charge < -0.3 is 0 Å². The molecule has 2 heterocycles. The van der Waals surface area contributed by atoms with E-state index >= 15 is 0 Å². The quantitative estimate of drug-likeness (QED) is 0.786. The number of halogens is 2. The molecule has 0 aromatic carbocycles. The van der Waals surface area contributed by atoms with Gasteiger partial charge in [0.1, 0.15) is 0 Å². The van der Waals surface area contributed by atoms with E-state index in [4.69, 9.17) is 11.6 Å². The van der Waals surface area contributed by atoms with Crippen LogP contribution in [0.15, 0.2) is 28.3 Å². The van der Waals surface area contributed by atoms with Crippen molar-refractivity contribution < 1.29 is 4.79 Å². The summed E-state index contributed by atoms with van der Waals surface area (Å²) in [6, 6.07) is 3.67. The van der Waals surface area contributed by atoms with Crippen molar-refractivity contribution in [2.24, 2.45) is 0 Å². The Labute approximate surface area is 117 Å². The highest BCUT2D eigenvalue weighted by Gasteiger charge is 2.13. The molecule has 0 N–H and O–H groups in total. The Balaban J connectivity index is 2.20. The van der Waals surface area contributed by atoms with E-state index in [0.717, 1.165) is 19.8 Å². The van der Waals surface area contributed by atoms with Gasteiger partial charge in [-0.1, -0.05) is 11.6 Å². The maximum absolute atomic E-state index is 12.0. The van der Waals surface area contributed by atoms with Crippen molar-refractivity contribution in [3.8, 4) is 0 Å². The van der Waals surface area contributed by atoms with Gasteiger partial charge in [-0.2, -0.15) is 0 Å². The Morgan fingerprint density at radius 2 is 2.35 bits per heavy atom. The van der Waals surface area contributed by atoms with Crippen LogP contribution in [0.5, 0.6) is 0 Å². The second-order valence-electron chi connectivity index (χ2n) is 3.63. The molecule has 17 heavy (non-hydrogen) atoms. The molecule has 0 fully saturated rings. The minimum atomic E-state index is 0.0805. The van der Waals surface area contributed by atoms with E-state index in [1.165, 1.54) is 11.3 Å². The molecule has 2 aromatic heterocycles. The molecule has 0 radical (unpaired) electrons. The molecule has 0 aliphatic heterocycles. The molecule has 5 heteroatoms. The average molecular weight is 331 g/mol. The lowest BCUT2D eigenvalue weighted by molar-refractivity contribution is 0.0997. The lowest BCUT2D eigenvalue weighted by Gasteiger charge is -2.00. The third kappa shape index (κ3) is 2.94. The molecule has 0 spiro atoms. The average Bonchev–Trinajstić information content (AvgIpc) is 2.63. The number of ketones is 1. The predicted octanol–water partition coefficient (Wildman–Crippen LogP) is 4.29. The van der Waals surface area contributed by atoms with Crippen LogP contribution in [-0.4, -0.2) is 10.8 Å². The summed E-state index contributed by atoms with van der Waals surface area (Å²) in [5.41, 5.74) is 1.90. The summed E-state index contributed by atoms with van der Waals surface area (Å²) in [7, 11) is 0. The molecule has 2 nitrogen and oxygen atoms in total. The van der Waals surface area contributed by atoms with Crippen molar-refractivity contribution in [2.45, 2.75) is 13.3 Å². The maximum Gasteiger partial charge on any atom is 0.177 e. The fourth-order valence-electron chi connectivity index (χ4n) is 1.40. The first-order valence-electron chi connectivity index (χ1n) is 4.95. The van der Waals surface area contributed by atoms with Crippen molar-refractivity contribution in [3.05, 3.63) is 49.3 Å². The number of aryl methyl sites for hydroxylation is 1. The lowest BCUT2D eigenvalue weighted by Crippen LogP contribution is -2.01. The standard InChI is InChI=1S/C12H9BrClNOS/c1-7-4-11(17-12(7)13)10(16)5-8-2-3-15-6-9(8)14/h2-4,6H,5H2,1H3. The maximum atomic E-state index is 12.0. The summed E-state index contributed by atoms with van der Waals surface area (Å²) in [6.45, 7) is 1.97. The summed E-state index contributed by atoms with van der Waals surface area (Å²) in [6.07, 6.45) is 3.51. The Hall–Kier alpha value is -0.710. The van der Waals surface area contributed by atoms with Crippen LogP contribution < -0.4 is 0 Å². The van der Waals surface area contributed by atoms with Gasteiger partial charge >= 0.3 is 0 Å². The van der Waals surface area contributed by atoms with Gasteiger partial charge in [-0.25, -0.2) is 0 Å². The molecule has 0 saturated heterocycles. The monoisotopic (exact) mass is 329 g/mol. The smallest absolute Gasteiger partial charge is 0.177 e. The summed E-state index contributed by atoms with van der Waals surface area (Å²) in [5, 5.41) is 0.535. The molecular weight excluding hydrogens is 322 g/mol. The minimum Gasteiger partial charge on any atom is -0.293 e. The SMILES string of the molecule is Cc1cc(C(=O)Cc2ccncc2Cl)sc1Br. The van der Waals surface area contributed by atoms with Gasteiger partial charge in [-0.05, 0) is 46.1 Å². The summed E-state index contributed by atoms with van der Waals surface area (Å²) >= 11 is 10.8. The molecule has 0 aliphatic rings. The number of Topliss-reactive ketones (excluding diaryl/α,β-unsaturated/α-hetero) is 1. The van der Waals surface area contributed by atoms with E-state index in [0.29, 0.717) is 11.4 Å². The van der Waals surface area contributed by atoms with Gasteiger partial charge in [0.15, 0.2) is 5.78 Å².